The first-order valence-corrected chi connectivity index (χ1v) is 7.55. The van der Waals surface area contributed by atoms with Crippen molar-refractivity contribution in [2.24, 2.45) is 0 Å². The summed E-state index contributed by atoms with van der Waals surface area (Å²) in [5.41, 5.74) is -0.657. The maximum atomic E-state index is 13.3. The molecule has 1 N–H and O–H groups in total. The molecule has 0 aromatic carbocycles. The van der Waals surface area contributed by atoms with Gasteiger partial charge in [-0.3, -0.25) is 0 Å². The minimum atomic E-state index is -4.00. The molecule has 0 unspecified atom stereocenters. The zero-order valence-corrected chi connectivity index (χ0v) is 13.8. The summed E-state index contributed by atoms with van der Waals surface area (Å²) >= 11 is 0. The number of carbonyl (C=O) groups excluding carboxylic acids is 2. The van der Waals surface area contributed by atoms with Crippen LogP contribution in [0, 0.1) is 0 Å². The van der Waals surface area contributed by atoms with Gasteiger partial charge in [0.2, 0.25) is 0 Å². The molecule has 0 aliphatic carbocycles. The number of urea groups is 1. The Labute approximate surface area is 137 Å². The molecule has 10 heteroatoms. The molecule has 2 saturated heterocycles. The molecule has 0 bridgehead atoms. The van der Waals surface area contributed by atoms with Crippen LogP contribution in [-0.2, 0) is 9.53 Å². The van der Waals surface area contributed by atoms with Crippen molar-refractivity contribution in [1.29, 1.82) is 0 Å². The highest BCUT2D eigenvalue weighted by atomic mass is 19.3. The maximum Gasteiger partial charge on any atom is 0.410 e. The van der Waals surface area contributed by atoms with E-state index in [4.69, 9.17) is 9.84 Å². The highest BCUT2D eigenvalue weighted by Gasteiger charge is 2.48. The van der Waals surface area contributed by atoms with Crippen molar-refractivity contribution in [2.75, 3.05) is 32.7 Å². The predicted molar refractivity (Wildman–Crippen MR) is 77.9 cm³/mol. The lowest BCUT2D eigenvalue weighted by atomic mass is 10.2. The van der Waals surface area contributed by atoms with Crippen LogP contribution in [0.15, 0.2) is 0 Å². The Balaban J connectivity index is 2.00. The van der Waals surface area contributed by atoms with E-state index in [1.54, 1.807) is 20.8 Å². The number of carboxylic acid groups (broad SMARTS) is 1. The van der Waals surface area contributed by atoms with Crippen LogP contribution in [-0.4, -0.2) is 88.2 Å². The first-order valence-electron chi connectivity index (χ1n) is 7.55. The normalized spacial score (nSPS) is 21.8. The van der Waals surface area contributed by atoms with Crippen molar-refractivity contribution < 1.29 is 33.0 Å². The summed E-state index contributed by atoms with van der Waals surface area (Å²) < 4.78 is 32.0. The Hall–Kier alpha value is -2.13. The van der Waals surface area contributed by atoms with E-state index < -0.39 is 42.2 Å². The first kappa shape index (κ1) is 18.2. The van der Waals surface area contributed by atoms with Gasteiger partial charge in [0, 0.05) is 26.2 Å². The van der Waals surface area contributed by atoms with E-state index in [9.17, 15) is 23.2 Å². The molecule has 0 spiro atoms. The number of nitrogens with zero attached hydrogens (tertiary/aromatic N) is 3. The zero-order chi connectivity index (χ0) is 18.3. The third-order valence-electron chi connectivity index (χ3n) is 3.78. The van der Waals surface area contributed by atoms with Gasteiger partial charge < -0.3 is 24.5 Å². The summed E-state index contributed by atoms with van der Waals surface area (Å²) in [6, 6.07) is -1.09. The number of piperazine rings is 1. The second kappa shape index (κ2) is 6.06. The average Bonchev–Trinajstić information content (AvgIpc) is 2.72. The molecule has 2 aliphatic heterocycles. The van der Waals surface area contributed by atoms with Gasteiger partial charge >= 0.3 is 24.0 Å². The average molecular weight is 349 g/mol. The number of alkyl halides is 2. The van der Waals surface area contributed by atoms with E-state index in [-0.39, 0.29) is 26.2 Å². The summed E-state index contributed by atoms with van der Waals surface area (Å²) in [6.45, 7) is 4.55. The maximum absolute atomic E-state index is 13.3. The molecule has 3 amide bonds. The molecule has 0 aromatic heterocycles. The lowest BCUT2D eigenvalue weighted by molar-refractivity contribution is -0.166. The van der Waals surface area contributed by atoms with Gasteiger partial charge in [-0.2, -0.15) is 8.78 Å². The topological polar surface area (TPSA) is 90.4 Å². The van der Waals surface area contributed by atoms with Crippen molar-refractivity contribution in [3.05, 3.63) is 0 Å². The lowest BCUT2D eigenvalue weighted by Gasteiger charge is -2.37. The molecule has 2 aliphatic rings. The smallest absolute Gasteiger partial charge is 0.410 e. The predicted octanol–water partition coefficient (Wildman–Crippen LogP) is 1.06. The van der Waals surface area contributed by atoms with Gasteiger partial charge in [0.15, 0.2) is 0 Å². The van der Waals surface area contributed by atoms with Gasteiger partial charge in [0.05, 0.1) is 12.6 Å². The minimum absolute atomic E-state index is 0.0546. The number of halogens is 2. The summed E-state index contributed by atoms with van der Waals surface area (Å²) in [7, 11) is 0. The minimum Gasteiger partial charge on any atom is -0.477 e. The number of fused-ring (bicyclic) bond motifs is 1. The fourth-order valence-electron chi connectivity index (χ4n) is 2.71. The van der Waals surface area contributed by atoms with E-state index in [0.717, 1.165) is 4.90 Å². The Morgan fingerprint density at radius 2 is 1.88 bits per heavy atom. The van der Waals surface area contributed by atoms with Gasteiger partial charge in [0.25, 0.3) is 0 Å². The van der Waals surface area contributed by atoms with E-state index in [1.165, 1.54) is 9.80 Å². The number of amides is 3. The number of carbonyl (C=O) groups is 3. The van der Waals surface area contributed by atoms with Crippen LogP contribution < -0.4 is 0 Å². The Morgan fingerprint density at radius 3 is 2.42 bits per heavy atom. The van der Waals surface area contributed by atoms with E-state index in [1.807, 2.05) is 0 Å². The van der Waals surface area contributed by atoms with Gasteiger partial charge in [-0.1, -0.05) is 0 Å². The van der Waals surface area contributed by atoms with Gasteiger partial charge in [-0.25, -0.2) is 14.4 Å². The molecule has 1 atom stereocenters. The summed E-state index contributed by atoms with van der Waals surface area (Å²) in [6.07, 6.45) is -0.524. The van der Waals surface area contributed by atoms with Crippen LogP contribution in [0.1, 0.15) is 20.8 Å². The zero-order valence-electron chi connectivity index (χ0n) is 13.8. The summed E-state index contributed by atoms with van der Waals surface area (Å²) in [4.78, 5) is 38.4. The van der Waals surface area contributed by atoms with Gasteiger partial charge in [-0.15, -0.1) is 0 Å². The molecule has 136 valence electrons. The fourth-order valence-corrected chi connectivity index (χ4v) is 2.71. The van der Waals surface area contributed by atoms with Crippen molar-refractivity contribution in [3.63, 3.8) is 0 Å². The number of rotatable bonds is 3. The van der Waals surface area contributed by atoms with Crippen LogP contribution in [0.2, 0.25) is 0 Å². The monoisotopic (exact) mass is 349 g/mol. The fraction of sp³-hybridized carbons (Fsp3) is 0.786. The van der Waals surface area contributed by atoms with Crippen LogP contribution >= 0.6 is 0 Å². The molecular formula is C14H21F2N3O5. The SMILES string of the molecule is CC(C)(C)OC(=O)N1CCN2C(=O)N(CC(F)(F)C(=O)O)C[C@@H]2C1. The third kappa shape index (κ3) is 3.85. The number of carboxylic acids is 1. The summed E-state index contributed by atoms with van der Waals surface area (Å²) in [5.74, 6) is -6.27. The first-order chi connectivity index (χ1) is 10.9. The van der Waals surface area contributed by atoms with Gasteiger partial charge in [-0.05, 0) is 20.8 Å². The molecule has 24 heavy (non-hydrogen) atoms. The number of aliphatic carboxylic acids is 1. The Morgan fingerprint density at radius 1 is 1.25 bits per heavy atom. The van der Waals surface area contributed by atoms with E-state index >= 15 is 0 Å². The highest BCUT2D eigenvalue weighted by Crippen LogP contribution is 2.25. The Bertz CT molecular complexity index is 549. The molecular weight excluding hydrogens is 328 g/mol. The van der Waals surface area contributed by atoms with Crippen molar-refractivity contribution in [3.8, 4) is 0 Å². The molecule has 0 saturated carbocycles. The lowest BCUT2D eigenvalue weighted by Crippen LogP contribution is -2.54. The third-order valence-corrected chi connectivity index (χ3v) is 3.78. The summed E-state index contributed by atoms with van der Waals surface area (Å²) in [5, 5.41) is 8.50. The molecule has 8 nitrogen and oxygen atoms in total. The number of ether oxygens (including phenoxy) is 1. The van der Waals surface area contributed by atoms with Gasteiger partial charge in [0.1, 0.15) is 5.60 Å². The number of hydrogen-bond acceptors (Lipinski definition) is 4. The van der Waals surface area contributed by atoms with Crippen LogP contribution in [0.4, 0.5) is 18.4 Å². The second-order valence-electron chi connectivity index (χ2n) is 6.95. The molecule has 2 fully saturated rings. The van der Waals surface area contributed by atoms with Crippen molar-refractivity contribution >= 4 is 18.1 Å². The van der Waals surface area contributed by atoms with E-state index in [0.29, 0.717) is 0 Å². The molecule has 0 aromatic rings. The standard InChI is InChI=1S/C14H21F2N3O5/c1-13(2,3)24-12(23)17-4-5-19-9(6-17)7-18(11(19)22)8-14(15,16)10(20)21/h9H,4-8H2,1-3H3,(H,20,21)/t9-/m0/s1. The second-order valence-corrected chi connectivity index (χ2v) is 6.95. The van der Waals surface area contributed by atoms with E-state index in [2.05, 4.69) is 0 Å². The number of hydrogen-bond donors (Lipinski definition) is 1. The van der Waals surface area contributed by atoms with Crippen LogP contribution in [0.5, 0.6) is 0 Å². The largest absolute Gasteiger partial charge is 0.477 e. The highest BCUT2D eigenvalue weighted by molar-refractivity contribution is 5.80. The van der Waals surface area contributed by atoms with Crippen LogP contribution in [0.3, 0.4) is 0 Å². The quantitative estimate of drug-likeness (QED) is 0.823. The van der Waals surface area contributed by atoms with Crippen LogP contribution in [0.25, 0.3) is 0 Å². The molecule has 2 rings (SSSR count). The van der Waals surface area contributed by atoms with Crippen molar-refractivity contribution in [1.82, 2.24) is 14.7 Å². The molecule has 0 radical (unpaired) electrons. The Kier molecular flexibility index (Phi) is 4.60. The van der Waals surface area contributed by atoms with Crippen molar-refractivity contribution in [2.45, 2.75) is 38.3 Å². The molecule has 2 heterocycles.